The van der Waals surface area contributed by atoms with Gasteiger partial charge < -0.3 is 23.8 Å². The molecule has 2 aromatic carbocycles. The molecule has 2 aliphatic rings. The van der Waals surface area contributed by atoms with Crippen molar-refractivity contribution in [3.8, 4) is 11.5 Å². The lowest BCUT2D eigenvalue weighted by molar-refractivity contribution is -0.932. The molecule has 0 aliphatic carbocycles. The number of hydrogen-bond acceptors (Lipinski definition) is 6. The van der Waals surface area contributed by atoms with Gasteiger partial charge in [0, 0.05) is 30.5 Å². The number of non-ortho nitro benzene ring substituents is 1. The number of nitro benzene ring substituents is 1. The van der Waals surface area contributed by atoms with Crippen molar-refractivity contribution in [3.05, 3.63) is 64.2 Å². The predicted octanol–water partition coefficient (Wildman–Crippen LogP) is 2.92. The molecule has 166 valence electrons. The maximum atomic E-state index is 10.9. The highest BCUT2D eigenvalue weighted by Crippen LogP contribution is 2.31. The van der Waals surface area contributed by atoms with Crippen LogP contribution >= 0.6 is 0 Å². The molecular formula is C23H29N2O6+. The Kier molecular flexibility index (Phi) is 6.70. The summed E-state index contributed by atoms with van der Waals surface area (Å²) in [7, 11) is 0. The highest BCUT2D eigenvalue weighted by atomic mass is 16.6. The summed E-state index contributed by atoms with van der Waals surface area (Å²) in [5.74, 6) is 1.46. The molecule has 8 heteroatoms. The highest BCUT2D eigenvalue weighted by molar-refractivity contribution is 5.40. The number of ether oxygens (including phenoxy) is 3. The monoisotopic (exact) mass is 429 g/mol. The third-order valence-corrected chi connectivity index (χ3v) is 5.96. The number of benzene rings is 2. The molecule has 0 spiro atoms. The standard InChI is InChI=1S/C23H29N2O6/c26-20(15-29-16-21-17-30-22-5-1-2-6-23(22)31-21)14-25(11-3-4-12-25)13-18-7-9-19(10-8-18)24(27)28/h1-2,5-10,20-21,26H,3-4,11-17H2/q+1. The van der Waals surface area contributed by atoms with Gasteiger partial charge in [-0.05, 0) is 24.3 Å². The molecule has 0 saturated carbocycles. The van der Waals surface area contributed by atoms with Gasteiger partial charge in [0.1, 0.15) is 25.8 Å². The topological polar surface area (TPSA) is 91.1 Å². The van der Waals surface area contributed by atoms with Crippen LogP contribution in [0.2, 0.25) is 0 Å². The fourth-order valence-corrected chi connectivity index (χ4v) is 4.50. The highest BCUT2D eigenvalue weighted by Gasteiger charge is 2.34. The molecule has 2 unspecified atom stereocenters. The van der Waals surface area contributed by atoms with Crippen molar-refractivity contribution in [1.82, 2.24) is 0 Å². The molecule has 31 heavy (non-hydrogen) atoms. The van der Waals surface area contributed by atoms with E-state index in [1.54, 1.807) is 12.1 Å². The minimum Gasteiger partial charge on any atom is -0.486 e. The Morgan fingerprint density at radius 2 is 1.84 bits per heavy atom. The van der Waals surface area contributed by atoms with Gasteiger partial charge in [-0.2, -0.15) is 0 Å². The van der Waals surface area contributed by atoms with Gasteiger partial charge in [-0.1, -0.05) is 12.1 Å². The average molecular weight is 429 g/mol. The second-order valence-electron chi connectivity index (χ2n) is 8.45. The van der Waals surface area contributed by atoms with E-state index >= 15 is 0 Å². The van der Waals surface area contributed by atoms with Crippen LogP contribution in [0.3, 0.4) is 0 Å². The quantitative estimate of drug-likeness (QED) is 0.374. The molecule has 0 bridgehead atoms. The third kappa shape index (κ3) is 5.52. The van der Waals surface area contributed by atoms with Crippen LogP contribution in [0.5, 0.6) is 11.5 Å². The van der Waals surface area contributed by atoms with E-state index in [2.05, 4.69) is 0 Å². The third-order valence-electron chi connectivity index (χ3n) is 5.96. The number of fused-ring (bicyclic) bond motifs is 1. The number of para-hydroxylation sites is 2. The maximum Gasteiger partial charge on any atom is 0.269 e. The first-order valence-electron chi connectivity index (χ1n) is 10.8. The van der Waals surface area contributed by atoms with Crippen LogP contribution in [0.15, 0.2) is 48.5 Å². The summed E-state index contributed by atoms with van der Waals surface area (Å²) in [5.41, 5.74) is 1.15. The second-order valence-corrected chi connectivity index (χ2v) is 8.45. The van der Waals surface area contributed by atoms with E-state index in [0.29, 0.717) is 25.5 Å². The molecule has 4 rings (SSSR count). The Morgan fingerprint density at radius 1 is 1.13 bits per heavy atom. The van der Waals surface area contributed by atoms with Gasteiger partial charge in [0.05, 0.1) is 31.2 Å². The Morgan fingerprint density at radius 3 is 2.55 bits per heavy atom. The van der Waals surface area contributed by atoms with Gasteiger partial charge in [-0.3, -0.25) is 10.1 Å². The van der Waals surface area contributed by atoms with E-state index in [4.69, 9.17) is 14.2 Å². The fraction of sp³-hybridized carbons (Fsp3) is 0.478. The molecule has 1 saturated heterocycles. The number of nitro groups is 1. The number of quaternary nitrogens is 1. The summed E-state index contributed by atoms with van der Waals surface area (Å²) in [6.07, 6.45) is 1.45. The van der Waals surface area contributed by atoms with Crippen molar-refractivity contribution >= 4 is 5.69 Å². The van der Waals surface area contributed by atoms with Gasteiger partial charge in [0.25, 0.3) is 5.69 Å². The molecule has 2 heterocycles. The minimum absolute atomic E-state index is 0.0988. The smallest absolute Gasteiger partial charge is 0.269 e. The van der Waals surface area contributed by atoms with E-state index in [1.165, 1.54) is 0 Å². The Hall–Kier alpha value is -2.68. The van der Waals surface area contributed by atoms with Crippen molar-refractivity contribution in [2.45, 2.75) is 31.6 Å². The minimum atomic E-state index is -0.590. The zero-order chi connectivity index (χ0) is 21.7. The molecule has 0 amide bonds. The summed E-state index contributed by atoms with van der Waals surface area (Å²) in [6, 6.07) is 14.3. The van der Waals surface area contributed by atoms with Gasteiger partial charge in [-0.15, -0.1) is 0 Å². The van der Waals surface area contributed by atoms with Gasteiger partial charge in [-0.25, -0.2) is 0 Å². The molecule has 8 nitrogen and oxygen atoms in total. The largest absolute Gasteiger partial charge is 0.486 e. The van der Waals surface area contributed by atoms with Crippen LogP contribution in [0.4, 0.5) is 5.69 Å². The van der Waals surface area contributed by atoms with Crippen LogP contribution in [-0.2, 0) is 11.3 Å². The van der Waals surface area contributed by atoms with Crippen LogP contribution < -0.4 is 9.47 Å². The molecule has 0 aromatic heterocycles. The maximum absolute atomic E-state index is 10.9. The molecule has 0 radical (unpaired) electrons. The zero-order valence-corrected chi connectivity index (χ0v) is 17.5. The van der Waals surface area contributed by atoms with Gasteiger partial charge >= 0.3 is 0 Å². The molecular weight excluding hydrogens is 400 g/mol. The number of hydrogen-bond donors (Lipinski definition) is 1. The van der Waals surface area contributed by atoms with Crippen molar-refractivity contribution < 1.29 is 28.7 Å². The summed E-state index contributed by atoms with van der Waals surface area (Å²) in [4.78, 5) is 10.5. The first-order valence-corrected chi connectivity index (χ1v) is 10.8. The molecule has 1 fully saturated rings. The number of rotatable bonds is 9. The van der Waals surface area contributed by atoms with Gasteiger partial charge in [0.2, 0.25) is 0 Å². The van der Waals surface area contributed by atoms with Gasteiger partial charge in [0.15, 0.2) is 17.6 Å². The number of nitrogens with zero attached hydrogens (tertiary/aromatic N) is 2. The first kappa shape index (κ1) is 21.5. The summed E-state index contributed by atoms with van der Waals surface area (Å²) in [6.45, 7) is 4.35. The van der Waals surface area contributed by atoms with E-state index in [0.717, 1.165) is 48.3 Å². The number of aliphatic hydroxyl groups is 1. The molecule has 1 N–H and O–H groups in total. The predicted molar refractivity (Wildman–Crippen MR) is 114 cm³/mol. The van der Waals surface area contributed by atoms with Crippen molar-refractivity contribution in [3.63, 3.8) is 0 Å². The second kappa shape index (κ2) is 9.64. The summed E-state index contributed by atoms with van der Waals surface area (Å²) in [5, 5.41) is 21.5. The van der Waals surface area contributed by atoms with Crippen LogP contribution in [-0.4, -0.2) is 66.2 Å². The molecule has 2 aromatic rings. The lowest BCUT2D eigenvalue weighted by atomic mass is 10.1. The van der Waals surface area contributed by atoms with Crippen molar-refractivity contribution in [2.75, 3.05) is 39.5 Å². The van der Waals surface area contributed by atoms with E-state index < -0.39 is 6.10 Å². The SMILES string of the molecule is O=[N+]([O-])c1ccc(C[N+]2(CC(O)COCC3COc4ccccc4O3)CCCC2)cc1. The summed E-state index contributed by atoms with van der Waals surface area (Å²) >= 11 is 0. The Bertz CT molecular complexity index is 882. The van der Waals surface area contributed by atoms with Crippen molar-refractivity contribution in [2.24, 2.45) is 0 Å². The molecule has 2 aliphatic heterocycles. The first-order chi connectivity index (χ1) is 15.0. The number of likely N-dealkylation sites (tertiary alicyclic amines) is 1. The fourth-order valence-electron chi connectivity index (χ4n) is 4.50. The lowest BCUT2D eigenvalue weighted by Gasteiger charge is -2.36. The Balaban J connectivity index is 1.27. The number of aliphatic hydroxyl groups excluding tert-OH is 1. The van der Waals surface area contributed by atoms with Crippen molar-refractivity contribution in [1.29, 1.82) is 0 Å². The lowest BCUT2D eigenvalue weighted by Crippen LogP contribution is -2.50. The van der Waals surface area contributed by atoms with Crippen LogP contribution in [0.1, 0.15) is 18.4 Å². The summed E-state index contributed by atoms with van der Waals surface area (Å²) < 4.78 is 18.1. The van der Waals surface area contributed by atoms with Crippen LogP contribution in [0.25, 0.3) is 0 Å². The van der Waals surface area contributed by atoms with E-state index in [-0.39, 0.29) is 23.3 Å². The normalized spacial score (nSPS) is 20.4. The zero-order valence-electron chi connectivity index (χ0n) is 17.5. The van der Waals surface area contributed by atoms with E-state index in [9.17, 15) is 15.2 Å². The molecule has 2 atom stereocenters. The Labute approximate surface area is 181 Å². The van der Waals surface area contributed by atoms with Crippen LogP contribution in [0, 0.1) is 10.1 Å². The van der Waals surface area contributed by atoms with E-state index in [1.807, 2.05) is 36.4 Å². The average Bonchev–Trinajstić information content (AvgIpc) is 3.21.